The third-order valence-electron chi connectivity index (χ3n) is 2.86. The molecule has 86 valence electrons. The quantitative estimate of drug-likeness (QED) is 0.684. The van der Waals surface area contributed by atoms with Crippen LogP contribution in [0.4, 0.5) is 0 Å². The third-order valence-corrected chi connectivity index (χ3v) is 2.86. The summed E-state index contributed by atoms with van der Waals surface area (Å²) in [7, 11) is 0. The standard InChI is InChI=1S/C11H15N3O2/c1-7-10(6-13-14-7)8-2-3-12-9(4-8)5-11(15)16/h2-4,7,10,13-14H,5-6H2,1H3,(H,15,16). The van der Waals surface area contributed by atoms with Crippen LogP contribution in [0.3, 0.4) is 0 Å². The van der Waals surface area contributed by atoms with E-state index in [0.717, 1.165) is 12.1 Å². The summed E-state index contributed by atoms with van der Waals surface area (Å²) in [6, 6.07) is 4.17. The van der Waals surface area contributed by atoms with E-state index >= 15 is 0 Å². The van der Waals surface area contributed by atoms with Crippen LogP contribution in [0, 0.1) is 0 Å². The summed E-state index contributed by atoms with van der Waals surface area (Å²) in [4.78, 5) is 14.7. The lowest BCUT2D eigenvalue weighted by Crippen LogP contribution is -2.28. The van der Waals surface area contributed by atoms with Gasteiger partial charge in [0.05, 0.1) is 12.1 Å². The molecule has 2 unspecified atom stereocenters. The van der Waals surface area contributed by atoms with E-state index in [1.807, 2.05) is 12.1 Å². The fraction of sp³-hybridized carbons (Fsp3) is 0.455. The number of nitrogens with zero attached hydrogens (tertiary/aromatic N) is 1. The second-order valence-electron chi connectivity index (χ2n) is 4.07. The zero-order valence-electron chi connectivity index (χ0n) is 9.10. The number of carboxylic acids is 1. The largest absolute Gasteiger partial charge is 0.481 e. The van der Waals surface area contributed by atoms with E-state index in [0.29, 0.717) is 17.7 Å². The van der Waals surface area contributed by atoms with Crippen molar-refractivity contribution < 1.29 is 9.90 Å². The zero-order valence-corrected chi connectivity index (χ0v) is 9.10. The first kappa shape index (κ1) is 11.0. The van der Waals surface area contributed by atoms with Gasteiger partial charge in [0.1, 0.15) is 0 Å². The Morgan fingerprint density at radius 1 is 1.69 bits per heavy atom. The Morgan fingerprint density at radius 2 is 2.50 bits per heavy atom. The van der Waals surface area contributed by atoms with Crippen LogP contribution in [0.2, 0.25) is 0 Å². The number of aliphatic carboxylic acids is 1. The Morgan fingerprint density at radius 3 is 3.12 bits per heavy atom. The van der Waals surface area contributed by atoms with Crippen molar-refractivity contribution in [2.75, 3.05) is 6.54 Å². The van der Waals surface area contributed by atoms with Gasteiger partial charge in [-0.2, -0.15) is 0 Å². The van der Waals surface area contributed by atoms with Gasteiger partial charge in [0.15, 0.2) is 0 Å². The molecule has 5 heteroatoms. The number of rotatable bonds is 3. The van der Waals surface area contributed by atoms with Gasteiger partial charge >= 0.3 is 5.97 Å². The summed E-state index contributed by atoms with van der Waals surface area (Å²) in [5, 5.41) is 8.71. The van der Waals surface area contributed by atoms with Crippen molar-refractivity contribution >= 4 is 5.97 Å². The molecule has 1 saturated heterocycles. The van der Waals surface area contributed by atoms with Crippen molar-refractivity contribution in [3.05, 3.63) is 29.6 Å². The minimum absolute atomic E-state index is 0.0181. The summed E-state index contributed by atoms with van der Waals surface area (Å²) in [5.74, 6) is -0.476. The number of hydrogen-bond donors (Lipinski definition) is 3. The highest BCUT2D eigenvalue weighted by Gasteiger charge is 2.24. The van der Waals surface area contributed by atoms with Gasteiger partial charge in [0, 0.05) is 24.7 Å². The molecule has 1 aromatic heterocycles. The fourth-order valence-corrected chi connectivity index (χ4v) is 1.99. The molecule has 1 aliphatic rings. The van der Waals surface area contributed by atoms with Crippen molar-refractivity contribution in [1.82, 2.24) is 15.8 Å². The van der Waals surface area contributed by atoms with E-state index in [4.69, 9.17) is 5.11 Å². The van der Waals surface area contributed by atoms with Gasteiger partial charge in [0.2, 0.25) is 0 Å². The van der Waals surface area contributed by atoms with Crippen LogP contribution < -0.4 is 10.9 Å². The van der Waals surface area contributed by atoms with Crippen LogP contribution in [0.25, 0.3) is 0 Å². The topological polar surface area (TPSA) is 74.2 Å². The molecule has 0 saturated carbocycles. The number of pyridine rings is 1. The highest BCUT2D eigenvalue weighted by molar-refractivity contribution is 5.69. The summed E-state index contributed by atoms with van der Waals surface area (Å²) >= 11 is 0. The molecule has 0 radical (unpaired) electrons. The van der Waals surface area contributed by atoms with E-state index in [9.17, 15) is 4.79 Å². The van der Waals surface area contributed by atoms with Crippen molar-refractivity contribution in [3.8, 4) is 0 Å². The predicted octanol–water partition coefficient (Wildman–Crippen LogP) is 0.289. The molecule has 2 rings (SSSR count). The van der Waals surface area contributed by atoms with Crippen LogP contribution >= 0.6 is 0 Å². The molecule has 5 nitrogen and oxygen atoms in total. The van der Waals surface area contributed by atoms with E-state index in [2.05, 4.69) is 22.8 Å². The first-order valence-corrected chi connectivity index (χ1v) is 5.32. The SMILES string of the molecule is CC1NNCC1c1ccnc(CC(=O)O)c1. The molecule has 1 aromatic rings. The lowest BCUT2D eigenvalue weighted by atomic mass is 9.94. The highest BCUT2D eigenvalue weighted by Crippen LogP contribution is 2.21. The molecule has 1 fully saturated rings. The molecule has 0 bridgehead atoms. The summed E-state index contributed by atoms with van der Waals surface area (Å²) in [6.07, 6.45) is 1.66. The molecular formula is C11H15N3O2. The average molecular weight is 221 g/mol. The summed E-state index contributed by atoms with van der Waals surface area (Å²) in [5.41, 5.74) is 7.99. The average Bonchev–Trinajstić information content (AvgIpc) is 2.64. The molecule has 3 N–H and O–H groups in total. The predicted molar refractivity (Wildman–Crippen MR) is 58.9 cm³/mol. The number of carbonyl (C=O) groups is 1. The van der Waals surface area contributed by atoms with Crippen LogP contribution in [-0.2, 0) is 11.2 Å². The molecule has 2 heterocycles. The number of hydrogen-bond acceptors (Lipinski definition) is 4. The molecule has 0 aromatic carbocycles. The molecule has 0 spiro atoms. The molecular weight excluding hydrogens is 206 g/mol. The minimum Gasteiger partial charge on any atom is -0.481 e. The molecule has 16 heavy (non-hydrogen) atoms. The number of nitrogens with one attached hydrogen (secondary N) is 2. The maximum Gasteiger partial charge on any atom is 0.309 e. The van der Waals surface area contributed by atoms with Gasteiger partial charge in [-0.1, -0.05) is 0 Å². The third kappa shape index (κ3) is 2.37. The van der Waals surface area contributed by atoms with E-state index < -0.39 is 5.97 Å². The lowest BCUT2D eigenvalue weighted by molar-refractivity contribution is -0.136. The van der Waals surface area contributed by atoms with Gasteiger partial charge in [-0.05, 0) is 24.6 Å². The minimum atomic E-state index is -0.847. The Hall–Kier alpha value is -1.46. The molecule has 1 aliphatic heterocycles. The molecule has 0 amide bonds. The maximum atomic E-state index is 10.6. The van der Waals surface area contributed by atoms with Gasteiger partial charge in [-0.25, -0.2) is 0 Å². The smallest absolute Gasteiger partial charge is 0.309 e. The van der Waals surface area contributed by atoms with Gasteiger partial charge in [-0.15, -0.1) is 0 Å². The summed E-state index contributed by atoms with van der Waals surface area (Å²) < 4.78 is 0. The highest BCUT2D eigenvalue weighted by atomic mass is 16.4. The molecule has 2 atom stereocenters. The Labute approximate surface area is 93.9 Å². The van der Waals surface area contributed by atoms with Gasteiger partial charge in [-0.3, -0.25) is 20.6 Å². The molecule has 0 aliphatic carbocycles. The monoisotopic (exact) mass is 221 g/mol. The zero-order chi connectivity index (χ0) is 11.5. The van der Waals surface area contributed by atoms with Gasteiger partial charge in [0.25, 0.3) is 0 Å². The maximum absolute atomic E-state index is 10.6. The first-order chi connectivity index (χ1) is 7.66. The van der Waals surface area contributed by atoms with Crippen LogP contribution in [0.15, 0.2) is 18.3 Å². The fourth-order valence-electron chi connectivity index (χ4n) is 1.99. The van der Waals surface area contributed by atoms with E-state index in [1.165, 1.54) is 0 Å². The van der Waals surface area contributed by atoms with Crippen LogP contribution in [-0.4, -0.2) is 28.6 Å². The Kier molecular flexibility index (Phi) is 3.17. The first-order valence-electron chi connectivity index (χ1n) is 5.32. The second-order valence-corrected chi connectivity index (χ2v) is 4.07. The number of hydrazine groups is 1. The van der Waals surface area contributed by atoms with E-state index in [-0.39, 0.29) is 6.42 Å². The Bertz CT molecular complexity index is 395. The normalized spacial score (nSPS) is 24.6. The van der Waals surface area contributed by atoms with Crippen molar-refractivity contribution in [1.29, 1.82) is 0 Å². The van der Waals surface area contributed by atoms with Crippen LogP contribution in [0.5, 0.6) is 0 Å². The van der Waals surface area contributed by atoms with Gasteiger partial charge < -0.3 is 5.11 Å². The number of aromatic nitrogens is 1. The van der Waals surface area contributed by atoms with Crippen LogP contribution in [0.1, 0.15) is 24.1 Å². The lowest BCUT2D eigenvalue weighted by Gasteiger charge is -2.14. The van der Waals surface area contributed by atoms with Crippen molar-refractivity contribution in [2.24, 2.45) is 0 Å². The van der Waals surface area contributed by atoms with Crippen molar-refractivity contribution in [3.63, 3.8) is 0 Å². The number of carboxylic acid groups (broad SMARTS) is 1. The summed E-state index contributed by atoms with van der Waals surface area (Å²) in [6.45, 7) is 2.96. The second kappa shape index (κ2) is 4.59. The Balaban J connectivity index is 2.18. The van der Waals surface area contributed by atoms with E-state index in [1.54, 1.807) is 6.20 Å². The van der Waals surface area contributed by atoms with Crippen molar-refractivity contribution in [2.45, 2.75) is 25.3 Å².